The molecule has 0 fully saturated rings. The van der Waals surface area contributed by atoms with Gasteiger partial charge in [0.25, 0.3) is 5.56 Å². The number of para-hydroxylation sites is 1. The maximum Gasteiger partial charge on any atom is 0.267 e. The molecular formula is C22H26N2O2S2. The monoisotopic (exact) mass is 414 g/mol. The molecule has 148 valence electrons. The van der Waals surface area contributed by atoms with Gasteiger partial charge < -0.3 is 4.74 Å². The van der Waals surface area contributed by atoms with E-state index < -0.39 is 0 Å². The van der Waals surface area contributed by atoms with Crippen molar-refractivity contribution in [2.75, 3.05) is 0 Å². The van der Waals surface area contributed by atoms with Crippen LogP contribution in [0.25, 0.3) is 15.9 Å². The van der Waals surface area contributed by atoms with Gasteiger partial charge in [-0.15, -0.1) is 11.3 Å². The fourth-order valence-electron chi connectivity index (χ4n) is 3.65. The zero-order chi connectivity index (χ0) is 20.0. The lowest BCUT2D eigenvalue weighted by molar-refractivity contribution is 0.00200. The molecule has 2 aromatic heterocycles. The lowest BCUT2D eigenvalue weighted by atomic mass is 9.96. The fraction of sp³-hybridized carbons (Fsp3) is 0.455. The van der Waals surface area contributed by atoms with Crippen LogP contribution in [-0.4, -0.2) is 20.9 Å². The summed E-state index contributed by atoms with van der Waals surface area (Å²) >= 11 is 3.25. The number of fused-ring (bicyclic) bond motifs is 3. The van der Waals surface area contributed by atoms with Crippen molar-refractivity contribution in [1.29, 1.82) is 0 Å². The number of ether oxygens (including phenoxy) is 1. The predicted octanol–water partition coefficient (Wildman–Crippen LogP) is 5.35. The first-order valence-corrected chi connectivity index (χ1v) is 11.5. The summed E-state index contributed by atoms with van der Waals surface area (Å²) in [5.41, 5.74) is 3.18. The third-order valence-electron chi connectivity index (χ3n) is 5.15. The average molecular weight is 415 g/mol. The molecule has 4 rings (SSSR count). The SMILES string of the molecule is Cc1ccccc1-n1c(SC(C)C)nc2sc3c(c2c1=O)C[C@H](C(C)C)OC3. The van der Waals surface area contributed by atoms with Crippen LogP contribution in [0, 0.1) is 12.8 Å². The van der Waals surface area contributed by atoms with Crippen LogP contribution in [0.4, 0.5) is 0 Å². The molecule has 0 unspecified atom stereocenters. The molecule has 6 heteroatoms. The van der Waals surface area contributed by atoms with E-state index in [2.05, 4.69) is 27.7 Å². The summed E-state index contributed by atoms with van der Waals surface area (Å²) in [6, 6.07) is 8.03. The largest absolute Gasteiger partial charge is 0.372 e. The van der Waals surface area contributed by atoms with Crippen LogP contribution >= 0.6 is 23.1 Å². The van der Waals surface area contributed by atoms with Gasteiger partial charge >= 0.3 is 0 Å². The number of hydrogen-bond acceptors (Lipinski definition) is 5. The quantitative estimate of drug-likeness (QED) is 0.426. The van der Waals surface area contributed by atoms with E-state index >= 15 is 0 Å². The Morgan fingerprint density at radius 2 is 2.00 bits per heavy atom. The van der Waals surface area contributed by atoms with Crippen molar-refractivity contribution in [3.63, 3.8) is 0 Å². The van der Waals surface area contributed by atoms with Crippen molar-refractivity contribution >= 4 is 33.3 Å². The Balaban J connectivity index is 1.99. The Labute approximate surface area is 174 Å². The molecule has 4 nitrogen and oxygen atoms in total. The smallest absolute Gasteiger partial charge is 0.267 e. The Hall–Kier alpha value is -1.63. The van der Waals surface area contributed by atoms with Gasteiger partial charge in [-0.2, -0.15) is 0 Å². The van der Waals surface area contributed by atoms with Crippen LogP contribution in [0.2, 0.25) is 0 Å². The molecule has 1 aliphatic heterocycles. The third-order valence-corrected chi connectivity index (χ3v) is 7.21. The van der Waals surface area contributed by atoms with Crippen molar-refractivity contribution in [3.8, 4) is 5.69 Å². The minimum atomic E-state index is 0.0457. The van der Waals surface area contributed by atoms with Gasteiger partial charge in [-0.25, -0.2) is 4.98 Å². The van der Waals surface area contributed by atoms with Gasteiger partial charge in [-0.1, -0.05) is 57.7 Å². The lowest BCUT2D eigenvalue weighted by Gasteiger charge is -2.26. The second kappa shape index (κ2) is 7.65. The fourth-order valence-corrected chi connectivity index (χ4v) is 5.68. The molecule has 0 radical (unpaired) electrons. The van der Waals surface area contributed by atoms with Gasteiger partial charge in [-0.3, -0.25) is 9.36 Å². The van der Waals surface area contributed by atoms with Gasteiger partial charge in [0.2, 0.25) is 0 Å². The number of benzene rings is 1. The van der Waals surface area contributed by atoms with E-state index in [4.69, 9.17) is 9.72 Å². The van der Waals surface area contributed by atoms with E-state index in [9.17, 15) is 4.79 Å². The van der Waals surface area contributed by atoms with Crippen LogP contribution in [0.3, 0.4) is 0 Å². The van der Waals surface area contributed by atoms with E-state index in [1.54, 1.807) is 23.1 Å². The van der Waals surface area contributed by atoms with E-state index in [0.717, 1.165) is 43.5 Å². The molecule has 28 heavy (non-hydrogen) atoms. The molecule has 3 aromatic rings. The van der Waals surface area contributed by atoms with Crippen LogP contribution in [0.1, 0.15) is 43.7 Å². The average Bonchev–Trinajstić information content (AvgIpc) is 3.00. The predicted molar refractivity (Wildman–Crippen MR) is 118 cm³/mol. The number of aromatic nitrogens is 2. The van der Waals surface area contributed by atoms with Crippen LogP contribution in [0.5, 0.6) is 0 Å². The first-order chi connectivity index (χ1) is 13.4. The number of thioether (sulfide) groups is 1. The molecule has 0 saturated carbocycles. The highest BCUT2D eigenvalue weighted by atomic mass is 32.2. The molecule has 0 aliphatic carbocycles. The number of thiophene rings is 1. The van der Waals surface area contributed by atoms with Gasteiger partial charge in [0.05, 0.1) is 23.8 Å². The normalized spacial score (nSPS) is 16.9. The molecule has 1 atom stereocenters. The molecule has 1 aliphatic rings. The third kappa shape index (κ3) is 3.42. The Bertz CT molecular complexity index is 1080. The van der Waals surface area contributed by atoms with Gasteiger partial charge in [0.1, 0.15) is 4.83 Å². The molecule has 0 spiro atoms. The molecule has 3 heterocycles. The van der Waals surface area contributed by atoms with Crippen molar-refractivity contribution in [2.45, 2.75) is 64.2 Å². The summed E-state index contributed by atoms with van der Waals surface area (Å²) in [4.78, 5) is 20.7. The molecule has 0 saturated heterocycles. The molecule has 1 aromatic carbocycles. The second-order valence-corrected chi connectivity index (χ2v) is 10.6. The first kappa shape index (κ1) is 19.7. The summed E-state index contributed by atoms with van der Waals surface area (Å²) in [7, 11) is 0. The summed E-state index contributed by atoms with van der Waals surface area (Å²) in [6.45, 7) is 11.2. The minimum absolute atomic E-state index is 0.0457. The van der Waals surface area contributed by atoms with E-state index in [1.165, 1.54) is 0 Å². The van der Waals surface area contributed by atoms with E-state index in [0.29, 0.717) is 17.8 Å². The molecule has 0 N–H and O–H groups in total. The summed E-state index contributed by atoms with van der Waals surface area (Å²) in [6.07, 6.45) is 0.940. The number of hydrogen-bond donors (Lipinski definition) is 0. The van der Waals surface area contributed by atoms with Gasteiger partial charge in [0.15, 0.2) is 5.16 Å². The van der Waals surface area contributed by atoms with E-state index in [1.807, 2.05) is 35.8 Å². The van der Waals surface area contributed by atoms with Crippen molar-refractivity contribution in [2.24, 2.45) is 5.92 Å². The zero-order valence-electron chi connectivity index (χ0n) is 17.0. The maximum absolute atomic E-state index is 13.8. The highest BCUT2D eigenvalue weighted by Gasteiger charge is 2.29. The summed E-state index contributed by atoms with van der Waals surface area (Å²) in [5.74, 6) is 0.422. The number of aryl methyl sites for hydroxylation is 1. The number of nitrogens with zero attached hydrogens (tertiary/aromatic N) is 2. The topological polar surface area (TPSA) is 44.1 Å². The van der Waals surface area contributed by atoms with E-state index in [-0.39, 0.29) is 11.7 Å². The molecule has 0 amide bonds. The molecule has 0 bridgehead atoms. The highest BCUT2D eigenvalue weighted by molar-refractivity contribution is 7.99. The van der Waals surface area contributed by atoms with Gasteiger partial charge in [-0.05, 0) is 30.0 Å². The first-order valence-electron chi connectivity index (χ1n) is 9.78. The Morgan fingerprint density at radius 3 is 2.68 bits per heavy atom. The second-order valence-electron chi connectivity index (χ2n) is 7.97. The van der Waals surface area contributed by atoms with Gasteiger partial charge in [0, 0.05) is 16.5 Å². The minimum Gasteiger partial charge on any atom is -0.372 e. The lowest BCUT2D eigenvalue weighted by Crippen LogP contribution is -2.28. The van der Waals surface area contributed by atoms with Crippen LogP contribution < -0.4 is 5.56 Å². The molecular weight excluding hydrogens is 388 g/mol. The Morgan fingerprint density at radius 1 is 1.25 bits per heavy atom. The number of rotatable bonds is 4. The maximum atomic E-state index is 13.8. The standard InChI is InChI=1S/C22H26N2O2S2/c1-12(2)17-10-15-18(11-26-17)28-20-19(15)21(25)24(22(23-20)27-13(3)4)16-9-7-6-8-14(16)5/h6-9,12-13,17H,10-11H2,1-5H3/t17-/m1/s1. The Kier molecular flexibility index (Phi) is 5.38. The van der Waals surface area contributed by atoms with Crippen molar-refractivity contribution in [1.82, 2.24) is 9.55 Å². The van der Waals surface area contributed by atoms with Crippen LogP contribution in [0.15, 0.2) is 34.2 Å². The van der Waals surface area contributed by atoms with Crippen LogP contribution in [-0.2, 0) is 17.8 Å². The summed E-state index contributed by atoms with van der Waals surface area (Å²) in [5, 5.41) is 1.88. The van der Waals surface area contributed by atoms with Crippen molar-refractivity contribution < 1.29 is 4.74 Å². The summed E-state index contributed by atoms with van der Waals surface area (Å²) < 4.78 is 7.85. The zero-order valence-corrected chi connectivity index (χ0v) is 18.6. The van der Waals surface area contributed by atoms with Crippen molar-refractivity contribution in [3.05, 3.63) is 50.6 Å². The highest BCUT2D eigenvalue weighted by Crippen LogP contribution is 2.36.